The molecule has 0 aromatic carbocycles. The zero-order valence-electron chi connectivity index (χ0n) is 9.99. The molecule has 0 bridgehead atoms. The van der Waals surface area contributed by atoms with Crippen LogP contribution in [0.5, 0.6) is 5.88 Å². The molecule has 1 heterocycles. The highest BCUT2D eigenvalue weighted by atomic mass is 16.5. The Balaban J connectivity index is 1.84. The minimum absolute atomic E-state index is 0.624. The van der Waals surface area contributed by atoms with Gasteiger partial charge in [0.15, 0.2) is 0 Å². The molecule has 1 N–H and O–H groups in total. The first-order valence-electron chi connectivity index (χ1n) is 5.91. The van der Waals surface area contributed by atoms with Crippen LogP contribution in [-0.2, 0) is 0 Å². The van der Waals surface area contributed by atoms with Gasteiger partial charge < -0.3 is 10.1 Å². The summed E-state index contributed by atoms with van der Waals surface area (Å²) in [6, 6.07) is 1.84. The predicted octanol–water partition coefficient (Wildman–Crippen LogP) is 2.40. The second kappa shape index (κ2) is 5.14. The van der Waals surface area contributed by atoms with Crippen LogP contribution in [0, 0.1) is 12.8 Å². The van der Waals surface area contributed by atoms with Crippen molar-refractivity contribution in [1.29, 1.82) is 0 Å². The highest BCUT2D eigenvalue weighted by molar-refractivity contribution is 5.38. The Kier molecular flexibility index (Phi) is 3.59. The van der Waals surface area contributed by atoms with E-state index in [0.29, 0.717) is 5.88 Å². The van der Waals surface area contributed by atoms with Crippen LogP contribution < -0.4 is 10.1 Å². The first-order valence-corrected chi connectivity index (χ1v) is 5.91. The Bertz CT molecular complexity index is 350. The summed E-state index contributed by atoms with van der Waals surface area (Å²) in [4.78, 5) is 8.47. The quantitative estimate of drug-likeness (QED) is 0.829. The average molecular weight is 221 g/mol. The summed E-state index contributed by atoms with van der Waals surface area (Å²) in [5.74, 6) is 3.16. The van der Waals surface area contributed by atoms with E-state index in [0.717, 1.165) is 24.1 Å². The van der Waals surface area contributed by atoms with Gasteiger partial charge in [-0.2, -0.15) is 4.98 Å². The lowest BCUT2D eigenvalue weighted by Gasteiger charge is -2.25. The normalized spacial score (nSPS) is 15.6. The molecule has 0 atom stereocenters. The van der Waals surface area contributed by atoms with E-state index in [4.69, 9.17) is 4.74 Å². The van der Waals surface area contributed by atoms with Crippen molar-refractivity contribution in [2.45, 2.75) is 32.6 Å². The number of aryl methyl sites for hydroxylation is 1. The number of nitrogens with one attached hydrogen (secondary N) is 1. The van der Waals surface area contributed by atoms with Gasteiger partial charge in [-0.05, 0) is 19.3 Å². The third kappa shape index (κ3) is 2.84. The van der Waals surface area contributed by atoms with Crippen molar-refractivity contribution >= 4 is 5.82 Å². The highest BCUT2D eigenvalue weighted by Crippen LogP contribution is 2.29. The topological polar surface area (TPSA) is 47.0 Å². The minimum atomic E-state index is 0.624. The minimum Gasteiger partial charge on any atom is -0.481 e. The van der Waals surface area contributed by atoms with Crippen molar-refractivity contribution in [1.82, 2.24) is 9.97 Å². The fourth-order valence-corrected chi connectivity index (χ4v) is 1.92. The van der Waals surface area contributed by atoms with Crippen LogP contribution in [0.15, 0.2) is 6.07 Å². The zero-order valence-corrected chi connectivity index (χ0v) is 9.99. The largest absolute Gasteiger partial charge is 0.481 e. The van der Waals surface area contributed by atoms with Crippen molar-refractivity contribution in [3.05, 3.63) is 11.9 Å². The highest BCUT2D eigenvalue weighted by Gasteiger charge is 2.16. The van der Waals surface area contributed by atoms with Gasteiger partial charge in [0.05, 0.1) is 7.11 Å². The van der Waals surface area contributed by atoms with E-state index in [1.54, 1.807) is 7.11 Å². The number of rotatable bonds is 5. The van der Waals surface area contributed by atoms with E-state index in [-0.39, 0.29) is 0 Å². The van der Waals surface area contributed by atoms with Crippen molar-refractivity contribution in [2.24, 2.45) is 5.92 Å². The van der Waals surface area contributed by atoms with Crippen LogP contribution in [0.2, 0.25) is 0 Å². The van der Waals surface area contributed by atoms with Crippen LogP contribution in [0.4, 0.5) is 5.82 Å². The van der Waals surface area contributed by atoms with Crippen molar-refractivity contribution in [2.75, 3.05) is 19.0 Å². The average Bonchev–Trinajstić information content (AvgIpc) is 2.21. The summed E-state index contributed by atoms with van der Waals surface area (Å²) in [5.41, 5.74) is 0. The molecule has 0 aliphatic heterocycles. The molecule has 4 nitrogen and oxygen atoms in total. The molecule has 0 saturated heterocycles. The number of hydrogen-bond acceptors (Lipinski definition) is 4. The predicted molar refractivity (Wildman–Crippen MR) is 63.8 cm³/mol. The molecular weight excluding hydrogens is 202 g/mol. The summed E-state index contributed by atoms with van der Waals surface area (Å²) >= 11 is 0. The van der Waals surface area contributed by atoms with E-state index in [1.807, 2.05) is 13.0 Å². The van der Waals surface area contributed by atoms with Crippen LogP contribution in [0.1, 0.15) is 31.5 Å². The molecule has 0 spiro atoms. The Morgan fingerprint density at radius 3 is 2.88 bits per heavy atom. The van der Waals surface area contributed by atoms with Crippen molar-refractivity contribution in [3.63, 3.8) is 0 Å². The lowest BCUT2D eigenvalue weighted by atomic mass is 9.83. The standard InChI is InChI=1S/C12H19N3O/c1-9-14-11(8-12(15-9)16-2)13-7-6-10-4-3-5-10/h8,10H,3-7H2,1-2H3,(H,13,14,15). The fourth-order valence-electron chi connectivity index (χ4n) is 1.92. The maximum absolute atomic E-state index is 5.10. The van der Waals surface area contributed by atoms with Gasteiger partial charge >= 0.3 is 0 Å². The zero-order chi connectivity index (χ0) is 11.4. The molecule has 0 radical (unpaired) electrons. The number of hydrogen-bond donors (Lipinski definition) is 1. The van der Waals surface area contributed by atoms with Gasteiger partial charge in [0, 0.05) is 12.6 Å². The van der Waals surface area contributed by atoms with Crippen molar-refractivity contribution in [3.8, 4) is 5.88 Å². The maximum Gasteiger partial charge on any atom is 0.218 e. The van der Waals surface area contributed by atoms with Crippen LogP contribution in [-0.4, -0.2) is 23.6 Å². The van der Waals surface area contributed by atoms with Crippen molar-refractivity contribution < 1.29 is 4.74 Å². The van der Waals surface area contributed by atoms with Gasteiger partial charge in [-0.1, -0.05) is 19.3 Å². The molecule has 0 amide bonds. The lowest BCUT2D eigenvalue weighted by molar-refractivity contribution is 0.303. The third-order valence-electron chi connectivity index (χ3n) is 3.11. The molecule has 1 aliphatic rings. The summed E-state index contributed by atoms with van der Waals surface area (Å²) in [6.45, 7) is 2.86. The van der Waals surface area contributed by atoms with Gasteiger partial charge in [0.1, 0.15) is 11.6 Å². The molecule has 1 aliphatic carbocycles. The molecule has 16 heavy (non-hydrogen) atoms. The molecule has 1 aromatic rings. The monoisotopic (exact) mass is 221 g/mol. The first kappa shape index (κ1) is 11.2. The molecule has 0 unspecified atom stereocenters. The number of nitrogens with zero attached hydrogens (tertiary/aromatic N) is 2. The molecule has 2 rings (SSSR count). The number of ether oxygens (including phenoxy) is 1. The van der Waals surface area contributed by atoms with Crippen LogP contribution >= 0.6 is 0 Å². The lowest BCUT2D eigenvalue weighted by Crippen LogP contribution is -2.16. The van der Waals surface area contributed by atoms with E-state index >= 15 is 0 Å². The Morgan fingerprint density at radius 1 is 1.44 bits per heavy atom. The first-order chi connectivity index (χ1) is 7.78. The second-order valence-electron chi connectivity index (χ2n) is 4.36. The van der Waals surface area contributed by atoms with Gasteiger partial charge in [-0.15, -0.1) is 0 Å². The molecule has 1 aromatic heterocycles. The van der Waals surface area contributed by atoms with Gasteiger partial charge in [0.25, 0.3) is 0 Å². The van der Waals surface area contributed by atoms with E-state index in [9.17, 15) is 0 Å². The summed E-state index contributed by atoms with van der Waals surface area (Å²) in [5, 5.41) is 3.33. The summed E-state index contributed by atoms with van der Waals surface area (Å²) in [6.07, 6.45) is 5.44. The summed E-state index contributed by atoms with van der Waals surface area (Å²) in [7, 11) is 1.62. The number of anilines is 1. The van der Waals surface area contributed by atoms with Crippen LogP contribution in [0.25, 0.3) is 0 Å². The van der Waals surface area contributed by atoms with E-state index in [1.165, 1.54) is 25.7 Å². The number of aromatic nitrogens is 2. The van der Waals surface area contributed by atoms with E-state index in [2.05, 4.69) is 15.3 Å². The maximum atomic E-state index is 5.10. The van der Waals surface area contributed by atoms with Crippen LogP contribution in [0.3, 0.4) is 0 Å². The second-order valence-corrected chi connectivity index (χ2v) is 4.36. The van der Waals surface area contributed by atoms with Gasteiger partial charge in [-0.3, -0.25) is 0 Å². The molecule has 4 heteroatoms. The Morgan fingerprint density at radius 2 is 2.25 bits per heavy atom. The fraction of sp³-hybridized carbons (Fsp3) is 0.667. The molecule has 88 valence electrons. The number of methoxy groups -OCH3 is 1. The SMILES string of the molecule is COc1cc(NCCC2CCC2)nc(C)n1. The molecular formula is C12H19N3O. The van der Waals surface area contributed by atoms with Gasteiger partial charge in [0.2, 0.25) is 5.88 Å². The third-order valence-corrected chi connectivity index (χ3v) is 3.11. The Hall–Kier alpha value is -1.32. The molecule has 1 saturated carbocycles. The van der Waals surface area contributed by atoms with Gasteiger partial charge in [-0.25, -0.2) is 4.98 Å². The molecule has 1 fully saturated rings. The summed E-state index contributed by atoms with van der Waals surface area (Å²) < 4.78 is 5.10. The smallest absolute Gasteiger partial charge is 0.218 e. The Labute approximate surface area is 96.4 Å². The van der Waals surface area contributed by atoms with E-state index < -0.39 is 0 Å².